The first-order valence-electron chi connectivity index (χ1n) is 4.91. The largest absolute Gasteiger partial charge is 0.398 e. The van der Waals surface area contributed by atoms with Gasteiger partial charge < -0.3 is 11.1 Å². The summed E-state index contributed by atoms with van der Waals surface area (Å²) < 4.78 is 0. The Balaban J connectivity index is 2.45. The van der Waals surface area contributed by atoms with Crippen LogP contribution in [-0.2, 0) is 0 Å². The number of nitrogens with two attached hydrogens (primary N) is 1. The summed E-state index contributed by atoms with van der Waals surface area (Å²) in [5.41, 5.74) is 9.67. The Hall–Kier alpha value is -2.23. The fourth-order valence-electron chi connectivity index (χ4n) is 1.42. The van der Waals surface area contributed by atoms with Crippen LogP contribution >= 0.6 is 0 Å². The predicted molar refractivity (Wildman–Crippen MR) is 64.5 cm³/mol. The summed E-state index contributed by atoms with van der Waals surface area (Å²) in [7, 11) is 0. The Morgan fingerprint density at radius 2 is 2.00 bits per heavy atom. The Kier molecular flexibility index (Phi) is 2.64. The second kappa shape index (κ2) is 4.10. The molecule has 0 bridgehead atoms. The molecule has 1 aromatic heterocycles. The topological polar surface area (TPSA) is 75.7 Å². The first-order valence-corrected chi connectivity index (χ1v) is 4.91. The number of hydrogen-bond acceptors (Lipinski definition) is 4. The van der Waals surface area contributed by atoms with Gasteiger partial charge in [0.2, 0.25) is 0 Å². The Bertz CT molecular complexity index is 517. The van der Waals surface area contributed by atoms with Crippen molar-refractivity contribution in [1.29, 1.82) is 5.41 Å². The fourth-order valence-corrected chi connectivity index (χ4v) is 1.42. The SMILES string of the molecule is Cc1ccc(-c2ccc(C=N)c(N)c2)nn1. The molecular weight excluding hydrogens is 200 g/mol. The van der Waals surface area contributed by atoms with Gasteiger partial charge in [-0.2, -0.15) is 10.2 Å². The molecule has 0 amide bonds. The van der Waals surface area contributed by atoms with Crippen molar-refractivity contribution in [2.45, 2.75) is 6.92 Å². The smallest absolute Gasteiger partial charge is 0.0930 e. The van der Waals surface area contributed by atoms with E-state index in [1.54, 1.807) is 12.1 Å². The van der Waals surface area contributed by atoms with Gasteiger partial charge in [0.15, 0.2) is 0 Å². The fraction of sp³-hybridized carbons (Fsp3) is 0.0833. The number of aromatic nitrogens is 2. The van der Waals surface area contributed by atoms with Crippen molar-refractivity contribution in [3.05, 3.63) is 41.6 Å². The van der Waals surface area contributed by atoms with Crippen LogP contribution in [-0.4, -0.2) is 16.4 Å². The molecule has 0 aliphatic rings. The Labute approximate surface area is 93.7 Å². The van der Waals surface area contributed by atoms with Crippen LogP contribution in [0.1, 0.15) is 11.3 Å². The maximum atomic E-state index is 7.15. The average molecular weight is 212 g/mol. The van der Waals surface area contributed by atoms with Crippen molar-refractivity contribution in [1.82, 2.24) is 10.2 Å². The van der Waals surface area contributed by atoms with Gasteiger partial charge in [-0.15, -0.1) is 0 Å². The number of rotatable bonds is 2. The highest BCUT2D eigenvalue weighted by Crippen LogP contribution is 2.21. The zero-order valence-corrected chi connectivity index (χ0v) is 8.94. The van der Waals surface area contributed by atoms with Gasteiger partial charge in [-0.3, -0.25) is 0 Å². The van der Waals surface area contributed by atoms with E-state index in [0.717, 1.165) is 17.0 Å². The van der Waals surface area contributed by atoms with Gasteiger partial charge in [-0.1, -0.05) is 12.1 Å². The molecule has 2 rings (SSSR count). The van der Waals surface area contributed by atoms with Crippen LogP contribution in [0.5, 0.6) is 0 Å². The maximum Gasteiger partial charge on any atom is 0.0930 e. The molecule has 16 heavy (non-hydrogen) atoms. The molecule has 0 radical (unpaired) electrons. The third kappa shape index (κ3) is 1.91. The lowest BCUT2D eigenvalue weighted by molar-refractivity contribution is 0.987. The Morgan fingerprint density at radius 3 is 2.56 bits per heavy atom. The van der Waals surface area contributed by atoms with Crippen LogP contribution in [0.15, 0.2) is 30.3 Å². The van der Waals surface area contributed by atoms with Gasteiger partial charge >= 0.3 is 0 Å². The van der Waals surface area contributed by atoms with Gasteiger partial charge in [0.25, 0.3) is 0 Å². The molecule has 1 aromatic carbocycles. The summed E-state index contributed by atoms with van der Waals surface area (Å²) in [6, 6.07) is 9.30. The summed E-state index contributed by atoms with van der Waals surface area (Å²) in [6.07, 6.45) is 1.24. The molecule has 80 valence electrons. The van der Waals surface area contributed by atoms with E-state index in [2.05, 4.69) is 10.2 Å². The molecule has 2 aromatic rings. The molecule has 4 nitrogen and oxygen atoms in total. The third-order valence-corrected chi connectivity index (χ3v) is 2.34. The quantitative estimate of drug-likeness (QED) is 0.590. The molecule has 0 saturated heterocycles. The van der Waals surface area contributed by atoms with E-state index in [9.17, 15) is 0 Å². The number of benzene rings is 1. The zero-order chi connectivity index (χ0) is 11.5. The van der Waals surface area contributed by atoms with Crippen molar-refractivity contribution < 1.29 is 0 Å². The molecule has 0 aliphatic heterocycles. The van der Waals surface area contributed by atoms with Crippen molar-refractivity contribution >= 4 is 11.9 Å². The minimum absolute atomic E-state index is 0.579. The molecule has 0 atom stereocenters. The first kappa shape index (κ1) is 10.3. The van der Waals surface area contributed by atoms with Gasteiger partial charge in [-0.05, 0) is 25.1 Å². The average Bonchev–Trinajstić information content (AvgIpc) is 2.30. The van der Waals surface area contributed by atoms with Crippen molar-refractivity contribution in [3.63, 3.8) is 0 Å². The molecule has 1 heterocycles. The summed E-state index contributed by atoms with van der Waals surface area (Å²) in [4.78, 5) is 0. The standard InChI is InChI=1S/C12H12N4/c1-8-2-5-12(16-15-8)9-3-4-10(7-13)11(14)6-9/h2-7,13H,14H2,1H3. The van der Waals surface area contributed by atoms with E-state index in [1.165, 1.54) is 6.21 Å². The lowest BCUT2D eigenvalue weighted by atomic mass is 10.1. The lowest BCUT2D eigenvalue weighted by Gasteiger charge is -2.04. The van der Waals surface area contributed by atoms with E-state index in [4.69, 9.17) is 11.1 Å². The highest BCUT2D eigenvalue weighted by Gasteiger charge is 2.02. The molecule has 0 spiro atoms. The second-order valence-electron chi connectivity index (χ2n) is 3.55. The predicted octanol–water partition coefficient (Wildman–Crippen LogP) is 2.03. The van der Waals surface area contributed by atoms with Crippen LogP contribution in [0.3, 0.4) is 0 Å². The van der Waals surface area contributed by atoms with Crippen LogP contribution in [0, 0.1) is 12.3 Å². The van der Waals surface area contributed by atoms with Crippen LogP contribution in [0.25, 0.3) is 11.3 Å². The van der Waals surface area contributed by atoms with Crippen LogP contribution < -0.4 is 5.73 Å². The molecule has 4 heteroatoms. The van der Waals surface area contributed by atoms with Gasteiger partial charge in [0.1, 0.15) is 0 Å². The monoisotopic (exact) mass is 212 g/mol. The number of nitrogens with zero attached hydrogens (tertiary/aromatic N) is 2. The highest BCUT2D eigenvalue weighted by atomic mass is 15.1. The van der Waals surface area contributed by atoms with Gasteiger partial charge in [0, 0.05) is 23.0 Å². The molecule has 0 saturated carbocycles. The molecule has 3 N–H and O–H groups in total. The lowest BCUT2D eigenvalue weighted by Crippen LogP contribution is -1.95. The van der Waals surface area contributed by atoms with Gasteiger partial charge in [0.05, 0.1) is 11.4 Å². The first-order chi connectivity index (χ1) is 7.70. The van der Waals surface area contributed by atoms with E-state index in [1.807, 2.05) is 25.1 Å². The zero-order valence-electron chi connectivity index (χ0n) is 8.94. The van der Waals surface area contributed by atoms with E-state index in [-0.39, 0.29) is 0 Å². The van der Waals surface area contributed by atoms with Crippen LogP contribution in [0.4, 0.5) is 5.69 Å². The van der Waals surface area contributed by atoms with E-state index in [0.29, 0.717) is 11.3 Å². The number of aryl methyl sites for hydroxylation is 1. The van der Waals surface area contributed by atoms with Crippen LogP contribution in [0.2, 0.25) is 0 Å². The molecular formula is C12H12N4. The number of anilines is 1. The Morgan fingerprint density at radius 1 is 1.19 bits per heavy atom. The third-order valence-electron chi connectivity index (χ3n) is 2.34. The number of hydrogen-bond donors (Lipinski definition) is 2. The van der Waals surface area contributed by atoms with E-state index >= 15 is 0 Å². The summed E-state index contributed by atoms with van der Waals surface area (Å²) >= 11 is 0. The highest BCUT2D eigenvalue weighted by molar-refractivity contribution is 5.86. The maximum absolute atomic E-state index is 7.15. The number of nitrogens with one attached hydrogen (secondary N) is 1. The van der Waals surface area contributed by atoms with E-state index < -0.39 is 0 Å². The summed E-state index contributed by atoms with van der Waals surface area (Å²) in [5.74, 6) is 0. The summed E-state index contributed by atoms with van der Waals surface area (Å²) in [5, 5.41) is 15.2. The van der Waals surface area contributed by atoms with Gasteiger partial charge in [-0.25, -0.2) is 0 Å². The molecule has 0 fully saturated rings. The molecule has 0 aliphatic carbocycles. The van der Waals surface area contributed by atoms with Crippen molar-refractivity contribution in [2.75, 3.05) is 5.73 Å². The number of nitrogen functional groups attached to an aromatic ring is 1. The minimum atomic E-state index is 0.579. The normalized spacial score (nSPS) is 10.1. The second-order valence-corrected chi connectivity index (χ2v) is 3.55. The molecule has 0 unspecified atom stereocenters. The minimum Gasteiger partial charge on any atom is -0.398 e. The van der Waals surface area contributed by atoms with Crippen molar-refractivity contribution in [3.8, 4) is 11.3 Å². The van der Waals surface area contributed by atoms with Crippen molar-refractivity contribution in [2.24, 2.45) is 0 Å². The summed E-state index contributed by atoms with van der Waals surface area (Å²) in [6.45, 7) is 1.89.